The summed E-state index contributed by atoms with van der Waals surface area (Å²) in [6, 6.07) is 14.4. The molecule has 2 rings (SSSR count). The van der Waals surface area contributed by atoms with Gasteiger partial charge in [0.1, 0.15) is 50.1 Å². The molecule has 0 heterocycles. The first-order chi connectivity index (χ1) is 57.2. The summed E-state index contributed by atoms with van der Waals surface area (Å²) in [5, 5.41) is 46.9. The van der Waals surface area contributed by atoms with Gasteiger partial charge >= 0.3 is 23.9 Å². The number of unbranched alkanes of at least 4 members (excludes halogenated alkanes) is 24. The Morgan fingerprint density at radius 3 is 0.814 bits per heavy atom. The molecule has 2 atom stereocenters. The Morgan fingerprint density at radius 1 is 0.263 bits per heavy atom. The number of carboxylic acids is 4. The predicted octanol–water partition coefficient (Wildman–Crippen LogP) is 13.1. The number of carbonyl (C=O) groups is 12. The monoisotopic (exact) mass is 1670 g/mol. The maximum Gasteiger partial charge on any atom is 0.326 e. The fourth-order valence-corrected chi connectivity index (χ4v) is 12.5. The third kappa shape index (κ3) is 71.5. The molecule has 28 nitrogen and oxygen atoms in total. The number of carbonyl (C=O) groups excluding carboxylic acids is 8. The maximum absolute atomic E-state index is 12.3. The third-order valence-corrected chi connectivity index (χ3v) is 19.6. The first-order valence-electron chi connectivity index (χ1n) is 44.1. The standard InChI is InChI=1S/C46H76N2O12.C44H72N2O12/c1-2-38-21-23-39(24-22-38)25-26-41(50)36-59-34-33-58-31-29-47-44(52)37-60-35-32-57-30-17-18-40(49)27-28-42(46(55)56)48-43(51)19-15-13-11-9-7-5-3-4-6-8-10-12-14-16-20-45(53)54;1-2-36-19-21-37(22-20-36)23-24-39(48)34-57-32-31-56-29-27-45-42(50)35-58-33-30-55-28-15-16-38(47)25-26-40(44(53)54)46-41(49)17-13-11-9-7-5-3-4-6-8-10-12-14-18-43(51)52/h21-24,42H,2-20,25-37H2,1H3,(H,47,52)(H,48,51)(H,53,54)(H,55,56);19-22,40H,2-18,23-35H2,1H3,(H,45,50)(H,46,49)(H,51,52)(H,53,54)/t42-;40-/m00/s1. The van der Waals surface area contributed by atoms with Gasteiger partial charge < -0.3 is 79.6 Å². The van der Waals surface area contributed by atoms with E-state index in [0.717, 1.165) is 114 Å². The van der Waals surface area contributed by atoms with Gasteiger partial charge in [-0.1, -0.05) is 204 Å². The second kappa shape index (κ2) is 78.1. The molecule has 0 aliphatic heterocycles. The van der Waals surface area contributed by atoms with E-state index in [9.17, 15) is 67.7 Å². The van der Waals surface area contributed by atoms with Crippen molar-refractivity contribution in [3.05, 3.63) is 70.8 Å². The van der Waals surface area contributed by atoms with Gasteiger partial charge in [-0.15, -0.1) is 0 Å². The first kappa shape index (κ1) is 109. The number of carboxylic acid groups (broad SMARTS) is 4. The van der Waals surface area contributed by atoms with Crippen LogP contribution in [0.2, 0.25) is 0 Å². The van der Waals surface area contributed by atoms with Crippen molar-refractivity contribution in [2.24, 2.45) is 0 Å². The summed E-state index contributed by atoms with van der Waals surface area (Å²) in [6.07, 6.45) is 34.5. The molecule has 0 aliphatic carbocycles. The summed E-state index contributed by atoms with van der Waals surface area (Å²) in [6.45, 7) is 8.09. The van der Waals surface area contributed by atoms with Gasteiger partial charge in [-0.25, -0.2) is 9.59 Å². The van der Waals surface area contributed by atoms with Gasteiger partial charge in [0.25, 0.3) is 0 Å². The highest BCUT2D eigenvalue weighted by Gasteiger charge is 2.23. The number of aryl methyl sites for hydroxylation is 4. The van der Waals surface area contributed by atoms with E-state index in [1.54, 1.807) is 0 Å². The van der Waals surface area contributed by atoms with Crippen LogP contribution in [0.1, 0.15) is 293 Å². The lowest BCUT2D eigenvalue weighted by Gasteiger charge is -2.14. The van der Waals surface area contributed by atoms with Crippen molar-refractivity contribution in [1.82, 2.24) is 21.3 Å². The number of Topliss-reactive ketones (excluding diaryl/α,β-unsaturated/α-hetero) is 4. The fourth-order valence-electron chi connectivity index (χ4n) is 12.5. The summed E-state index contributed by atoms with van der Waals surface area (Å²) in [7, 11) is 0. The molecule has 28 heteroatoms. The molecule has 672 valence electrons. The highest BCUT2D eigenvalue weighted by molar-refractivity contribution is 5.86. The highest BCUT2D eigenvalue weighted by Crippen LogP contribution is 2.18. The molecule has 0 bridgehead atoms. The van der Waals surface area contributed by atoms with Gasteiger partial charge in [0.15, 0.2) is 11.6 Å². The zero-order chi connectivity index (χ0) is 86.4. The molecule has 0 aliphatic rings. The lowest BCUT2D eigenvalue weighted by molar-refractivity contribution is -0.142. The number of hydrogen-bond donors (Lipinski definition) is 8. The average molecular weight is 1670 g/mol. The van der Waals surface area contributed by atoms with E-state index in [-0.39, 0.29) is 164 Å². The van der Waals surface area contributed by atoms with Gasteiger partial charge in [0.2, 0.25) is 23.6 Å². The molecule has 4 amide bonds. The molecule has 0 unspecified atom stereocenters. The van der Waals surface area contributed by atoms with Crippen LogP contribution in [0.5, 0.6) is 0 Å². The van der Waals surface area contributed by atoms with Gasteiger partial charge in [0, 0.05) is 90.5 Å². The lowest BCUT2D eigenvalue weighted by atomic mass is 10.0. The minimum absolute atomic E-state index is 0.0392. The quantitative estimate of drug-likeness (QED) is 0.0285. The van der Waals surface area contributed by atoms with Crippen molar-refractivity contribution in [2.45, 2.75) is 308 Å². The summed E-state index contributed by atoms with van der Waals surface area (Å²) in [5.74, 6) is -5.03. The molecule has 0 aromatic heterocycles. The molecule has 0 saturated carbocycles. The second-order valence-corrected chi connectivity index (χ2v) is 30.0. The second-order valence-electron chi connectivity index (χ2n) is 30.0. The lowest BCUT2D eigenvalue weighted by Crippen LogP contribution is -2.41. The molecular formula is C90H148N4O24. The SMILES string of the molecule is CCc1ccc(CCC(=O)COCCOCCNC(=O)COCCOCCCC(=O)CC[C@H](NC(=O)CCCCCCCCCCCCCCC(=O)O)C(=O)O)cc1.CCc1ccc(CCC(=O)COCCOCCNC(=O)COCCOCCCC(=O)CC[C@H](NC(=O)CCCCCCCCCCCCCCCCC(=O)O)C(=O)O)cc1. The molecule has 0 spiro atoms. The van der Waals surface area contributed by atoms with Crippen LogP contribution in [0.3, 0.4) is 0 Å². The van der Waals surface area contributed by atoms with Crippen LogP contribution in [0.4, 0.5) is 0 Å². The van der Waals surface area contributed by atoms with E-state index in [1.807, 2.05) is 0 Å². The van der Waals surface area contributed by atoms with Crippen LogP contribution < -0.4 is 21.3 Å². The Balaban J connectivity index is 0.00000118. The molecular weight excluding hydrogens is 1520 g/mol. The summed E-state index contributed by atoms with van der Waals surface area (Å²) in [5.41, 5.74) is 4.82. The minimum Gasteiger partial charge on any atom is -0.481 e. The van der Waals surface area contributed by atoms with Crippen LogP contribution >= 0.6 is 0 Å². The van der Waals surface area contributed by atoms with Gasteiger partial charge in [-0.05, 0) is 99.3 Å². The molecule has 0 saturated heterocycles. The Labute approximate surface area is 702 Å². The van der Waals surface area contributed by atoms with Crippen LogP contribution in [-0.2, 0) is 121 Å². The summed E-state index contributed by atoms with van der Waals surface area (Å²) < 4.78 is 43.2. The maximum atomic E-state index is 12.3. The number of nitrogens with one attached hydrogen (secondary N) is 4. The molecule has 2 aromatic rings. The summed E-state index contributed by atoms with van der Waals surface area (Å²) >= 11 is 0. The van der Waals surface area contributed by atoms with Crippen molar-refractivity contribution >= 4 is 70.6 Å². The zero-order valence-electron chi connectivity index (χ0n) is 71.6. The summed E-state index contributed by atoms with van der Waals surface area (Å²) in [4.78, 5) is 142. The molecule has 118 heavy (non-hydrogen) atoms. The minimum atomic E-state index is -1.15. The average Bonchev–Trinajstić information content (AvgIpc) is 1.04. The molecule has 0 fully saturated rings. The number of rotatable bonds is 84. The number of benzene rings is 2. The molecule has 8 N–H and O–H groups in total. The number of ketones is 4. The van der Waals surface area contributed by atoms with E-state index in [2.05, 4.69) is 83.6 Å². The first-order valence-corrected chi connectivity index (χ1v) is 44.1. The normalized spacial score (nSPS) is 11.6. The Morgan fingerprint density at radius 2 is 0.525 bits per heavy atom. The van der Waals surface area contributed by atoms with E-state index in [1.165, 1.54) is 75.3 Å². The number of amides is 4. The number of hydrogen-bond acceptors (Lipinski definition) is 20. The van der Waals surface area contributed by atoms with Crippen LogP contribution in [-0.4, -0.2) is 222 Å². The van der Waals surface area contributed by atoms with Gasteiger partial charge in [-0.3, -0.25) is 47.9 Å². The van der Waals surface area contributed by atoms with E-state index < -0.39 is 36.0 Å². The Bertz CT molecular complexity index is 2970. The number of ether oxygens (including phenoxy) is 8. The van der Waals surface area contributed by atoms with Crippen molar-refractivity contribution in [3.8, 4) is 0 Å². The fraction of sp³-hybridized carbons (Fsp3) is 0.733. The van der Waals surface area contributed by atoms with Crippen LogP contribution in [0.25, 0.3) is 0 Å². The van der Waals surface area contributed by atoms with Crippen molar-refractivity contribution in [3.63, 3.8) is 0 Å². The Kier molecular flexibility index (Phi) is 71.9. The van der Waals surface area contributed by atoms with Crippen LogP contribution in [0.15, 0.2) is 48.5 Å². The van der Waals surface area contributed by atoms with Crippen molar-refractivity contribution in [2.75, 3.05) is 119 Å². The predicted molar refractivity (Wildman–Crippen MR) is 451 cm³/mol. The third-order valence-electron chi connectivity index (χ3n) is 19.6. The van der Waals surface area contributed by atoms with Crippen molar-refractivity contribution < 1.29 is 116 Å². The van der Waals surface area contributed by atoms with Crippen molar-refractivity contribution in [1.29, 1.82) is 0 Å². The largest absolute Gasteiger partial charge is 0.481 e. The molecule has 2 aromatic carbocycles. The van der Waals surface area contributed by atoms with E-state index >= 15 is 0 Å². The highest BCUT2D eigenvalue weighted by atomic mass is 16.5. The topological polar surface area (TPSA) is 408 Å². The van der Waals surface area contributed by atoms with Gasteiger partial charge in [-0.2, -0.15) is 0 Å². The Hall–Kier alpha value is -7.44. The van der Waals surface area contributed by atoms with Gasteiger partial charge in [0.05, 0.1) is 66.1 Å². The van der Waals surface area contributed by atoms with Crippen LogP contribution in [0, 0.1) is 0 Å². The smallest absolute Gasteiger partial charge is 0.326 e. The molecule has 0 radical (unpaired) electrons. The van der Waals surface area contributed by atoms with E-state index in [0.29, 0.717) is 117 Å². The zero-order valence-corrected chi connectivity index (χ0v) is 71.6. The van der Waals surface area contributed by atoms with E-state index in [4.69, 9.17) is 48.1 Å². The number of aliphatic carboxylic acids is 4.